The maximum absolute atomic E-state index is 12.0. The van der Waals surface area contributed by atoms with Gasteiger partial charge in [-0.15, -0.1) is 0 Å². The molecule has 0 spiro atoms. The molecule has 6 nitrogen and oxygen atoms in total. The molecule has 0 bridgehead atoms. The van der Waals surface area contributed by atoms with Crippen molar-refractivity contribution in [3.8, 4) is 0 Å². The maximum atomic E-state index is 12.0. The molecule has 0 aliphatic heterocycles. The van der Waals surface area contributed by atoms with Crippen LogP contribution in [0.4, 0.5) is 5.82 Å². The van der Waals surface area contributed by atoms with Crippen LogP contribution in [0, 0.1) is 5.92 Å². The number of pyridine rings is 1. The van der Waals surface area contributed by atoms with Crippen LogP contribution in [0.5, 0.6) is 0 Å². The van der Waals surface area contributed by atoms with Crippen LogP contribution in [-0.2, 0) is 10.0 Å². The molecule has 1 saturated carbocycles. The van der Waals surface area contributed by atoms with E-state index in [-0.39, 0.29) is 10.9 Å². The molecule has 94 valence electrons. The highest BCUT2D eigenvalue weighted by molar-refractivity contribution is 7.89. The van der Waals surface area contributed by atoms with Crippen molar-refractivity contribution < 1.29 is 8.42 Å². The van der Waals surface area contributed by atoms with Gasteiger partial charge in [-0.2, -0.15) is 0 Å². The van der Waals surface area contributed by atoms with Gasteiger partial charge >= 0.3 is 0 Å². The van der Waals surface area contributed by atoms with E-state index in [0.717, 1.165) is 12.8 Å². The molecule has 1 fully saturated rings. The number of hydrogen-bond donors (Lipinski definition) is 3. The number of hydrazine groups is 1. The van der Waals surface area contributed by atoms with E-state index in [0.29, 0.717) is 11.7 Å². The molecule has 1 aliphatic carbocycles. The van der Waals surface area contributed by atoms with Gasteiger partial charge in [0.15, 0.2) is 0 Å². The van der Waals surface area contributed by atoms with E-state index >= 15 is 0 Å². The second-order valence-corrected chi connectivity index (χ2v) is 5.98. The van der Waals surface area contributed by atoms with Crippen LogP contribution in [-0.4, -0.2) is 19.4 Å². The van der Waals surface area contributed by atoms with E-state index in [1.165, 1.54) is 18.3 Å². The number of nitrogens with zero attached hydrogens (tertiary/aromatic N) is 1. The summed E-state index contributed by atoms with van der Waals surface area (Å²) in [6.45, 7) is 1.89. The zero-order valence-electron chi connectivity index (χ0n) is 9.55. The van der Waals surface area contributed by atoms with Crippen LogP contribution in [0.3, 0.4) is 0 Å². The lowest BCUT2D eigenvalue weighted by atomic mass is 10.2. The number of nitrogen functional groups attached to an aromatic ring is 1. The minimum Gasteiger partial charge on any atom is -0.308 e. The summed E-state index contributed by atoms with van der Waals surface area (Å²) in [7, 11) is -3.47. The minimum absolute atomic E-state index is 0.0210. The zero-order chi connectivity index (χ0) is 12.5. The molecule has 4 N–H and O–H groups in total. The van der Waals surface area contributed by atoms with Crippen molar-refractivity contribution in [3.05, 3.63) is 18.3 Å². The van der Waals surface area contributed by atoms with E-state index in [2.05, 4.69) is 15.1 Å². The van der Waals surface area contributed by atoms with Crippen molar-refractivity contribution in [2.75, 3.05) is 5.43 Å². The summed E-state index contributed by atoms with van der Waals surface area (Å²) < 4.78 is 26.6. The zero-order valence-corrected chi connectivity index (χ0v) is 10.4. The van der Waals surface area contributed by atoms with Gasteiger partial charge in [0.1, 0.15) is 10.7 Å². The number of sulfonamides is 1. The standard InChI is InChI=1S/C10H16N4O2S/c1-7(8-2-3-8)14-17(15,16)9-4-5-10(13-11)12-6-9/h4-8,14H,2-3,11H2,1H3,(H,12,13). The van der Waals surface area contributed by atoms with Gasteiger partial charge in [0.25, 0.3) is 0 Å². The van der Waals surface area contributed by atoms with Crippen LogP contribution in [0.15, 0.2) is 23.2 Å². The predicted octanol–water partition coefficient (Wildman–Crippen LogP) is 0.444. The first-order chi connectivity index (χ1) is 8.03. The smallest absolute Gasteiger partial charge is 0.242 e. The monoisotopic (exact) mass is 256 g/mol. The van der Waals surface area contributed by atoms with Crippen LogP contribution in [0.1, 0.15) is 19.8 Å². The maximum Gasteiger partial charge on any atom is 0.242 e. The van der Waals surface area contributed by atoms with Crippen molar-refractivity contribution in [1.29, 1.82) is 0 Å². The Balaban J connectivity index is 2.12. The van der Waals surface area contributed by atoms with E-state index in [1.54, 1.807) is 0 Å². The fourth-order valence-corrected chi connectivity index (χ4v) is 2.89. The Morgan fingerprint density at radius 3 is 2.65 bits per heavy atom. The molecule has 1 atom stereocenters. The van der Waals surface area contributed by atoms with Crippen LogP contribution in [0.2, 0.25) is 0 Å². The molecule has 2 rings (SSSR count). The third kappa shape index (κ3) is 2.93. The van der Waals surface area contributed by atoms with Gasteiger partial charge in [-0.05, 0) is 37.8 Å². The van der Waals surface area contributed by atoms with Crippen molar-refractivity contribution in [1.82, 2.24) is 9.71 Å². The number of hydrogen-bond acceptors (Lipinski definition) is 5. The van der Waals surface area contributed by atoms with E-state index in [9.17, 15) is 8.42 Å². The Kier molecular flexibility index (Phi) is 3.32. The van der Waals surface area contributed by atoms with Crippen molar-refractivity contribution in [2.45, 2.75) is 30.7 Å². The summed E-state index contributed by atoms with van der Waals surface area (Å²) in [6, 6.07) is 2.98. The van der Waals surface area contributed by atoms with Gasteiger partial charge in [0.05, 0.1) is 0 Å². The molecule has 1 unspecified atom stereocenters. The van der Waals surface area contributed by atoms with Crippen LogP contribution >= 0.6 is 0 Å². The molecule has 0 radical (unpaired) electrons. The van der Waals surface area contributed by atoms with E-state index in [4.69, 9.17) is 5.84 Å². The molecular formula is C10H16N4O2S. The first kappa shape index (κ1) is 12.3. The van der Waals surface area contributed by atoms with E-state index in [1.807, 2.05) is 6.92 Å². The Morgan fingerprint density at radius 2 is 2.18 bits per heavy atom. The van der Waals surface area contributed by atoms with Gasteiger partial charge in [-0.1, -0.05) is 0 Å². The molecule has 1 aromatic rings. The largest absolute Gasteiger partial charge is 0.308 e. The van der Waals surface area contributed by atoms with Crippen molar-refractivity contribution in [3.63, 3.8) is 0 Å². The number of anilines is 1. The number of aromatic nitrogens is 1. The fraction of sp³-hybridized carbons (Fsp3) is 0.500. The van der Waals surface area contributed by atoms with Gasteiger partial charge < -0.3 is 5.43 Å². The second kappa shape index (κ2) is 4.59. The minimum atomic E-state index is -3.47. The number of rotatable bonds is 5. The highest BCUT2D eigenvalue weighted by Crippen LogP contribution is 2.32. The first-order valence-corrected chi connectivity index (χ1v) is 6.96. The average molecular weight is 256 g/mol. The first-order valence-electron chi connectivity index (χ1n) is 5.48. The molecule has 17 heavy (non-hydrogen) atoms. The summed E-state index contributed by atoms with van der Waals surface area (Å²) in [6.07, 6.45) is 3.48. The Bertz CT molecular complexity index is 482. The Morgan fingerprint density at radius 1 is 1.47 bits per heavy atom. The highest BCUT2D eigenvalue weighted by Gasteiger charge is 2.31. The molecular weight excluding hydrogens is 240 g/mol. The van der Waals surface area contributed by atoms with Gasteiger partial charge in [-0.25, -0.2) is 24.0 Å². The van der Waals surface area contributed by atoms with Gasteiger partial charge in [-0.3, -0.25) is 0 Å². The Labute approximate surface area is 101 Å². The third-order valence-electron chi connectivity index (χ3n) is 2.86. The fourth-order valence-electron chi connectivity index (χ4n) is 1.63. The SMILES string of the molecule is CC(NS(=O)(=O)c1ccc(NN)nc1)C1CC1. The Hall–Kier alpha value is -1.18. The quantitative estimate of drug-likeness (QED) is 0.525. The molecule has 1 heterocycles. The van der Waals surface area contributed by atoms with Crippen molar-refractivity contribution >= 4 is 15.8 Å². The molecule has 1 aliphatic rings. The van der Waals surface area contributed by atoms with E-state index < -0.39 is 10.0 Å². The lowest BCUT2D eigenvalue weighted by Gasteiger charge is -2.13. The van der Waals surface area contributed by atoms with Gasteiger partial charge in [0.2, 0.25) is 10.0 Å². The molecule has 7 heteroatoms. The topological polar surface area (TPSA) is 97.1 Å². The number of nitrogens with two attached hydrogens (primary N) is 1. The van der Waals surface area contributed by atoms with Crippen LogP contribution < -0.4 is 16.0 Å². The lowest BCUT2D eigenvalue weighted by Crippen LogP contribution is -2.34. The summed E-state index contributed by atoms with van der Waals surface area (Å²) >= 11 is 0. The predicted molar refractivity (Wildman–Crippen MR) is 64.6 cm³/mol. The summed E-state index contributed by atoms with van der Waals surface area (Å²) in [4.78, 5) is 4.03. The van der Waals surface area contributed by atoms with Gasteiger partial charge in [0, 0.05) is 12.2 Å². The second-order valence-electron chi connectivity index (χ2n) is 4.27. The summed E-state index contributed by atoms with van der Waals surface area (Å²) in [5, 5.41) is 0. The molecule has 0 amide bonds. The normalized spacial score (nSPS) is 17.8. The summed E-state index contributed by atoms with van der Waals surface area (Å²) in [5.74, 6) is 6.06. The number of nitrogens with one attached hydrogen (secondary N) is 2. The molecule has 0 saturated heterocycles. The summed E-state index contributed by atoms with van der Waals surface area (Å²) in [5.41, 5.74) is 2.35. The van der Waals surface area contributed by atoms with Crippen LogP contribution in [0.25, 0.3) is 0 Å². The average Bonchev–Trinajstić information content (AvgIpc) is 3.12. The third-order valence-corrected chi connectivity index (χ3v) is 4.41. The lowest BCUT2D eigenvalue weighted by molar-refractivity contribution is 0.538. The molecule has 1 aromatic heterocycles. The van der Waals surface area contributed by atoms with Crippen molar-refractivity contribution in [2.24, 2.45) is 11.8 Å². The highest BCUT2D eigenvalue weighted by atomic mass is 32.2. The molecule has 0 aromatic carbocycles.